The van der Waals surface area contributed by atoms with Crippen molar-refractivity contribution in [3.8, 4) is 5.69 Å². The van der Waals surface area contributed by atoms with Crippen LogP contribution < -0.4 is 4.58 Å². The minimum atomic E-state index is -0.165. The van der Waals surface area contributed by atoms with E-state index < -0.39 is 0 Å². The van der Waals surface area contributed by atoms with Crippen LogP contribution in [0.5, 0.6) is 0 Å². The Morgan fingerprint density at radius 2 is 1.35 bits per heavy atom. The third-order valence-corrected chi connectivity index (χ3v) is 8.32. The number of nitrogens with zero attached hydrogens (tertiary/aromatic N) is 2. The van der Waals surface area contributed by atoms with Crippen LogP contribution in [-0.2, 0) is 4.79 Å². The molecule has 0 saturated carbocycles. The van der Waals surface area contributed by atoms with Gasteiger partial charge in [0.25, 0.3) is 0 Å². The third kappa shape index (κ3) is 3.46. The van der Waals surface area contributed by atoms with Gasteiger partial charge in [0.2, 0.25) is 17.2 Å². The standard InChI is InChI=1S/C34H22Cl2N2O2/c1-19-29(25-7-3-5-9-27(25)37(19)23-15-11-21(35)12-16-23)31-33(39)32(34(31)40)30-20(2)38(24-17-13-22(36)14-18-24)28-10-6-4-8-26(28)30/h3-18H,1-2H3/p+1. The van der Waals surface area contributed by atoms with Crippen molar-refractivity contribution in [2.75, 3.05) is 0 Å². The van der Waals surface area contributed by atoms with Gasteiger partial charge in [0.15, 0.2) is 5.71 Å². The largest absolute Gasteiger partial charge is 0.506 e. The summed E-state index contributed by atoms with van der Waals surface area (Å²) in [7, 11) is 0. The number of aromatic nitrogens is 1. The molecule has 2 heterocycles. The molecular formula is C34H23Cl2N2O2+. The number of benzene rings is 4. The summed E-state index contributed by atoms with van der Waals surface area (Å²) in [5.74, 6) is -0.143. The molecule has 1 N–H and O–H groups in total. The van der Waals surface area contributed by atoms with E-state index in [1.807, 2.05) is 111 Å². The van der Waals surface area contributed by atoms with Crippen molar-refractivity contribution in [3.05, 3.63) is 135 Å². The SMILES string of the molecule is CC1=[N+](c2ccc(Cl)cc2)c2ccccc2/C1=C1/C(=O)C(c2c(C)n(-c3ccc(Cl)cc3)c3ccccc23)=C1O. The van der Waals surface area contributed by atoms with Gasteiger partial charge in [-0.25, -0.2) is 0 Å². The summed E-state index contributed by atoms with van der Waals surface area (Å²) in [6, 6.07) is 31.1. The van der Waals surface area contributed by atoms with E-state index in [1.165, 1.54) is 0 Å². The molecule has 0 saturated heterocycles. The van der Waals surface area contributed by atoms with Crippen molar-refractivity contribution in [3.63, 3.8) is 0 Å². The summed E-state index contributed by atoms with van der Waals surface area (Å²) in [5.41, 5.74) is 8.61. The molecule has 40 heavy (non-hydrogen) atoms. The average Bonchev–Trinajstić information content (AvgIpc) is 3.41. The van der Waals surface area contributed by atoms with Crippen LogP contribution in [0.25, 0.3) is 27.7 Å². The lowest BCUT2D eigenvalue weighted by Crippen LogP contribution is -2.24. The van der Waals surface area contributed by atoms with Gasteiger partial charge in [-0.1, -0.05) is 53.5 Å². The molecule has 1 aliphatic heterocycles. The predicted molar refractivity (Wildman–Crippen MR) is 165 cm³/mol. The number of hydrogen-bond acceptors (Lipinski definition) is 2. The summed E-state index contributed by atoms with van der Waals surface area (Å²) in [5, 5.41) is 13.8. The zero-order valence-electron chi connectivity index (χ0n) is 21.7. The van der Waals surface area contributed by atoms with Crippen LogP contribution in [0.2, 0.25) is 10.0 Å². The fraction of sp³-hybridized carbons (Fsp3) is 0.0588. The summed E-state index contributed by atoms with van der Waals surface area (Å²) in [4.78, 5) is 14.0. The van der Waals surface area contributed by atoms with Crippen LogP contribution in [-0.4, -0.2) is 21.2 Å². The Bertz CT molecular complexity index is 1990. The maximum Gasteiger partial charge on any atom is 0.219 e. The molecule has 4 nitrogen and oxygen atoms in total. The van der Waals surface area contributed by atoms with Gasteiger partial charge in [-0.05, 0) is 55.5 Å². The molecule has 4 aromatic carbocycles. The second-order valence-corrected chi connectivity index (χ2v) is 10.9. The molecule has 5 aromatic rings. The summed E-state index contributed by atoms with van der Waals surface area (Å²) in [6.07, 6.45) is 0. The second kappa shape index (κ2) is 9.09. The quantitative estimate of drug-likeness (QED) is 0.176. The van der Waals surface area contributed by atoms with E-state index >= 15 is 0 Å². The number of ketones is 1. The van der Waals surface area contributed by atoms with Crippen molar-refractivity contribution in [1.82, 2.24) is 9.14 Å². The highest BCUT2D eigenvalue weighted by Crippen LogP contribution is 2.48. The van der Waals surface area contributed by atoms with Crippen LogP contribution in [0, 0.1) is 6.92 Å². The number of allylic oxidation sites excluding steroid dienone is 3. The molecule has 0 amide bonds. The van der Waals surface area contributed by atoms with Crippen molar-refractivity contribution < 1.29 is 9.90 Å². The lowest BCUT2D eigenvalue weighted by molar-refractivity contribution is -0.111. The molecule has 1 aromatic heterocycles. The first-order chi connectivity index (χ1) is 19.4. The molecule has 0 unspecified atom stereocenters. The van der Waals surface area contributed by atoms with Crippen molar-refractivity contribution in [2.24, 2.45) is 0 Å². The van der Waals surface area contributed by atoms with Gasteiger partial charge in [0.05, 0.1) is 27.8 Å². The predicted octanol–water partition coefficient (Wildman–Crippen LogP) is 8.86. The number of para-hydroxylation sites is 2. The lowest BCUT2D eigenvalue weighted by atomic mass is 9.78. The summed E-state index contributed by atoms with van der Waals surface area (Å²) >= 11 is 12.3. The zero-order valence-corrected chi connectivity index (χ0v) is 23.3. The van der Waals surface area contributed by atoms with Crippen molar-refractivity contribution >= 4 is 68.1 Å². The molecule has 0 atom stereocenters. The van der Waals surface area contributed by atoms with Gasteiger partial charge in [0, 0.05) is 57.5 Å². The van der Waals surface area contributed by atoms with E-state index in [-0.39, 0.29) is 11.5 Å². The Hall–Kier alpha value is -4.38. The number of aliphatic hydroxyl groups is 1. The number of carbonyl (C=O) groups is 1. The van der Waals surface area contributed by atoms with Gasteiger partial charge < -0.3 is 9.67 Å². The topological polar surface area (TPSA) is 45.2 Å². The normalized spacial score (nSPS) is 16.6. The van der Waals surface area contributed by atoms with Crippen LogP contribution >= 0.6 is 23.2 Å². The van der Waals surface area contributed by atoms with E-state index in [0.717, 1.165) is 56.1 Å². The number of aliphatic hydroxyl groups excluding tert-OH is 1. The number of hydrogen-bond donors (Lipinski definition) is 1. The van der Waals surface area contributed by atoms with E-state index in [2.05, 4.69) is 9.14 Å². The van der Waals surface area contributed by atoms with Crippen LogP contribution in [0.15, 0.2) is 108 Å². The van der Waals surface area contributed by atoms with Gasteiger partial charge in [-0.3, -0.25) is 4.79 Å². The first-order valence-electron chi connectivity index (χ1n) is 12.9. The smallest absolute Gasteiger partial charge is 0.219 e. The minimum absolute atomic E-state index is 0.0224. The molecule has 6 heteroatoms. The van der Waals surface area contributed by atoms with Crippen molar-refractivity contribution in [1.29, 1.82) is 0 Å². The van der Waals surface area contributed by atoms with E-state index in [9.17, 15) is 9.90 Å². The highest BCUT2D eigenvalue weighted by Gasteiger charge is 2.45. The Labute approximate surface area is 241 Å². The number of Topliss-reactive ketones (excluding diaryl/α,β-unsaturated/α-hetero) is 1. The maximum atomic E-state index is 14.0. The minimum Gasteiger partial charge on any atom is -0.506 e. The molecule has 2 aliphatic rings. The lowest BCUT2D eigenvalue weighted by Gasteiger charge is -2.23. The van der Waals surface area contributed by atoms with Crippen LogP contribution in [0.1, 0.15) is 23.7 Å². The van der Waals surface area contributed by atoms with Gasteiger partial charge in [0.1, 0.15) is 5.76 Å². The second-order valence-electron chi connectivity index (χ2n) is 10.0. The molecule has 0 fully saturated rings. The van der Waals surface area contributed by atoms with Gasteiger partial charge in [-0.15, -0.1) is 0 Å². The maximum absolute atomic E-state index is 14.0. The highest BCUT2D eigenvalue weighted by atomic mass is 35.5. The third-order valence-electron chi connectivity index (χ3n) is 7.82. The Balaban J connectivity index is 1.46. The first kappa shape index (κ1) is 24.6. The average molecular weight is 562 g/mol. The molecule has 0 spiro atoms. The number of fused-ring (bicyclic) bond motifs is 2. The van der Waals surface area contributed by atoms with Crippen LogP contribution in [0.3, 0.4) is 0 Å². The van der Waals surface area contributed by atoms with E-state index in [4.69, 9.17) is 23.2 Å². The zero-order chi connectivity index (χ0) is 27.7. The molecule has 0 radical (unpaired) electrons. The first-order valence-corrected chi connectivity index (χ1v) is 13.7. The molecule has 194 valence electrons. The summed E-state index contributed by atoms with van der Waals surface area (Å²) in [6.45, 7) is 3.96. The summed E-state index contributed by atoms with van der Waals surface area (Å²) < 4.78 is 4.20. The van der Waals surface area contributed by atoms with Crippen LogP contribution in [0.4, 0.5) is 11.4 Å². The number of carbonyl (C=O) groups excluding carboxylic acids is 1. The molecular weight excluding hydrogens is 539 g/mol. The molecule has 0 bridgehead atoms. The monoisotopic (exact) mass is 561 g/mol. The van der Waals surface area contributed by atoms with E-state index in [1.54, 1.807) is 0 Å². The Kier molecular flexibility index (Phi) is 5.60. The highest BCUT2D eigenvalue weighted by molar-refractivity contribution is 6.48. The van der Waals surface area contributed by atoms with Crippen molar-refractivity contribution in [2.45, 2.75) is 13.8 Å². The van der Waals surface area contributed by atoms with E-state index in [0.29, 0.717) is 21.2 Å². The molecule has 7 rings (SSSR count). The Morgan fingerprint density at radius 3 is 2.05 bits per heavy atom. The fourth-order valence-corrected chi connectivity index (χ4v) is 6.33. The fourth-order valence-electron chi connectivity index (χ4n) is 6.08. The van der Waals surface area contributed by atoms with Gasteiger partial charge >= 0.3 is 0 Å². The molecule has 1 aliphatic carbocycles. The van der Waals surface area contributed by atoms with Gasteiger partial charge in [-0.2, -0.15) is 4.58 Å². The number of halogens is 2. The number of rotatable bonds is 3. The Morgan fingerprint density at radius 1 is 0.725 bits per heavy atom.